The molecular weight excluding hydrogens is 122 g/mol. The first kappa shape index (κ1) is 5.74. The summed E-state index contributed by atoms with van der Waals surface area (Å²) in [6.07, 6.45) is 2.47. The number of oxime groups is 1. The summed E-state index contributed by atoms with van der Waals surface area (Å²) in [4.78, 5) is 10.5. The minimum Gasteiger partial charge on any atom is -0.411 e. The molecule has 1 aliphatic rings. The number of rotatable bonds is 1. The molecule has 5 nitrogen and oxygen atoms in total. The van der Waals surface area contributed by atoms with Crippen LogP contribution in [0.15, 0.2) is 10.3 Å². The zero-order valence-corrected chi connectivity index (χ0v) is 4.48. The molecule has 0 spiro atoms. The Labute approximate surface area is 51.0 Å². The van der Waals surface area contributed by atoms with Gasteiger partial charge in [0.15, 0.2) is 0 Å². The van der Waals surface area contributed by atoms with Crippen LogP contribution >= 0.6 is 0 Å². The van der Waals surface area contributed by atoms with Gasteiger partial charge in [-0.1, -0.05) is 0 Å². The lowest BCUT2D eigenvalue weighted by Gasteiger charge is -1.90. The average Bonchev–Trinajstić information content (AvgIpc) is 2.18. The van der Waals surface area contributed by atoms with Crippen molar-refractivity contribution in [2.45, 2.75) is 0 Å². The third kappa shape index (κ3) is 1.04. The third-order valence-electron chi connectivity index (χ3n) is 0.940. The molecule has 0 bridgehead atoms. The summed E-state index contributed by atoms with van der Waals surface area (Å²) in [7, 11) is 0. The number of hydrogen-bond donors (Lipinski definition) is 2. The van der Waals surface area contributed by atoms with Gasteiger partial charge < -0.3 is 5.21 Å². The number of hydrazone groups is 1. The zero-order chi connectivity index (χ0) is 6.69. The number of hydrogen-bond acceptors (Lipinski definition) is 4. The standard InChI is InChI=1S/C4H5N3O2/c8-4-3(2-6-9)1-5-7-4/h1-3,9H,(H,7,8)/b6-2-/t3-/m0/s1. The van der Waals surface area contributed by atoms with Gasteiger partial charge in [-0.3, -0.25) is 4.79 Å². The number of carbonyl (C=O) groups is 1. The Balaban J connectivity index is 2.59. The van der Waals surface area contributed by atoms with Crippen molar-refractivity contribution in [3.8, 4) is 0 Å². The van der Waals surface area contributed by atoms with Crippen molar-refractivity contribution in [2.75, 3.05) is 0 Å². The van der Waals surface area contributed by atoms with Crippen molar-refractivity contribution >= 4 is 18.3 Å². The average molecular weight is 127 g/mol. The first-order chi connectivity index (χ1) is 4.34. The summed E-state index contributed by atoms with van der Waals surface area (Å²) in [6.45, 7) is 0. The zero-order valence-electron chi connectivity index (χ0n) is 4.48. The Bertz CT molecular complexity index is 175. The fourth-order valence-electron chi connectivity index (χ4n) is 0.501. The van der Waals surface area contributed by atoms with Crippen LogP contribution in [-0.4, -0.2) is 23.5 Å². The predicted molar refractivity (Wildman–Crippen MR) is 30.4 cm³/mol. The van der Waals surface area contributed by atoms with Crippen molar-refractivity contribution in [3.05, 3.63) is 0 Å². The van der Waals surface area contributed by atoms with Gasteiger partial charge in [0.2, 0.25) is 0 Å². The fourth-order valence-corrected chi connectivity index (χ4v) is 0.501. The molecule has 1 rings (SSSR count). The first-order valence-corrected chi connectivity index (χ1v) is 2.35. The number of nitrogens with zero attached hydrogens (tertiary/aromatic N) is 2. The van der Waals surface area contributed by atoms with Crippen molar-refractivity contribution in [1.82, 2.24) is 5.43 Å². The van der Waals surface area contributed by atoms with Crippen LogP contribution in [0.3, 0.4) is 0 Å². The molecule has 0 saturated carbocycles. The van der Waals surface area contributed by atoms with Gasteiger partial charge in [-0.2, -0.15) is 5.10 Å². The second-order valence-corrected chi connectivity index (χ2v) is 1.54. The highest BCUT2D eigenvalue weighted by Gasteiger charge is 2.17. The monoisotopic (exact) mass is 127 g/mol. The molecule has 0 fully saturated rings. The van der Waals surface area contributed by atoms with E-state index in [1.165, 1.54) is 6.21 Å². The highest BCUT2D eigenvalue weighted by molar-refractivity contribution is 6.10. The maximum absolute atomic E-state index is 10.5. The molecule has 9 heavy (non-hydrogen) atoms. The van der Waals surface area contributed by atoms with E-state index in [2.05, 4.69) is 15.7 Å². The fraction of sp³-hybridized carbons (Fsp3) is 0.250. The molecule has 0 aromatic heterocycles. The maximum Gasteiger partial charge on any atom is 0.254 e. The van der Waals surface area contributed by atoms with Gasteiger partial charge in [0.05, 0.1) is 6.21 Å². The summed E-state index contributed by atoms with van der Waals surface area (Å²) in [6, 6.07) is 0. The Kier molecular flexibility index (Phi) is 1.44. The summed E-state index contributed by atoms with van der Waals surface area (Å²) in [5.41, 5.74) is 2.18. The Hall–Kier alpha value is -1.39. The van der Waals surface area contributed by atoms with Crippen molar-refractivity contribution in [3.63, 3.8) is 0 Å². The van der Waals surface area contributed by atoms with E-state index in [1.807, 2.05) is 0 Å². The summed E-state index contributed by atoms with van der Waals surface area (Å²) in [5.74, 6) is -0.775. The van der Waals surface area contributed by atoms with Crippen molar-refractivity contribution in [1.29, 1.82) is 0 Å². The van der Waals surface area contributed by atoms with E-state index < -0.39 is 5.92 Å². The normalized spacial score (nSPS) is 25.3. The Morgan fingerprint density at radius 3 is 3.22 bits per heavy atom. The minimum absolute atomic E-state index is 0.271. The molecule has 48 valence electrons. The third-order valence-corrected chi connectivity index (χ3v) is 0.940. The molecule has 1 atom stereocenters. The molecule has 1 heterocycles. The molecule has 1 amide bonds. The predicted octanol–water partition coefficient (Wildman–Crippen LogP) is -0.822. The van der Waals surface area contributed by atoms with E-state index in [-0.39, 0.29) is 5.91 Å². The van der Waals surface area contributed by atoms with E-state index in [4.69, 9.17) is 5.21 Å². The second-order valence-electron chi connectivity index (χ2n) is 1.54. The second kappa shape index (κ2) is 2.25. The van der Waals surface area contributed by atoms with E-state index in [1.54, 1.807) is 0 Å². The summed E-state index contributed by atoms with van der Waals surface area (Å²) >= 11 is 0. The summed E-state index contributed by atoms with van der Waals surface area (Å²) in [5, 5.41) is 14.1. The topological polar surface area (TPSA) is 74.0 Å². The van der Waals surface area contributed by atoms with E-state index >= 15 is 0 Å². The lowest BCUT2D eigenvalue weighted by Crippen LogP contribution is -2.20. The first-order valence-electron chi connectivity index (χ1n) is 2.35. The van der Waals surface area contributed by atoms with Gasteiger partial charge in [-0.25, -0.2) is 5.43 Å². The van der Waals surface area contributed by atoms with Crippen LogP contribution < -0.4 is 5.43 Å². The molecule has 0 unspecified atom stereocenters. The Morgan fingerprint density at radius 2 is 2.78 bits per heavy atom. The largest absolute Gasteiger partial charge is 0.411 e. The van der Waals surface area contributed by atoms with Crippen LogP contribution in [0.1, 0.15) is 0 Å². The van der Waals surface area contributed by atoms with E-state index in [0.29, 0.717) is 0 Å². The van der Waals surface area contributed by atoms with Gasteiger partial charge >= 0.3 is 0 Å². The van der Waals surface area contributed by atoms with Gasteiger partial charge in [-0.15, -0.1) is 5.16 Å². The molecule has 0 aromatic rings. The van der Waals surface area contributed by atoms with Gasteiger partial charge in [0, 0.05) is 6.21 Å². The molecule has 0 aromatic carbocycles. The molecule has 0 radical (unpaired) electrons. The lowest BCUT2D eigenvalue weighted by molar-refractivity contribution is -0.120. The van der Waals surface area contributed by atoms with Crippen LogP contribution in [0.25, 0.3) is 0 Å². The van der Waals surface area contributed by atoms with E-state index in [0.717, 1.165) is 6.21 Å². The van der Waals surface area contributed by atoms with Crippen LogP contribution in [0, 0.1) is 5.92 Å². The van der Waals surface area contributed by atoms with Gasteiger partial charge in [0.25, 0.3) is 5.91 Å². The van der Waals surface area contributed by atoms with Crippen molar-refractivity contribution in [2.24, 2.45) is 16.2 Å². The van der Waals surface area contributed by atoms with Crippen molar-refractivity contribution < 1.29 is 10.0 Å². The lowest BCUT2D eigenvalue weighted by atomic mass is 10.2. The number of nitrogens with one attached hydrogen (secondary N) is 1. The smallest absolute Gasteiger partial charge is 0.254 e. The van der Waals surface area contributed by atoms with Gasteiger partial charge in [-0.05, 0) is 0 Å². The minimum atomic E-state index is -0.505. The maximum atomic E-state index is 10.5. The molecule has 2 N–H and O–H groups in total. The molecule has 5 heteroatoms. The van der Waals surface area contributed by atoms with Crippen LogP contribution in [0.5, 0.6) is 0 Å². The SMILES string of the molecule is O=C1NN=C[C@H]1/C=N\O. The van der Waals surface area contributed by atoms with Crippen LogP contribution in [0.4, 0.5) is 0 Å². The quantitative estimate of drug-likeness (QED) is 0.274. The highest BCUT2D eigenvalue weighted by Crippen LogP contribution is 1.93. The highest BCUT2D eigenvalue weighted by atomic mass is 16.4. The molecular formula is C4H5N3O2. The van der Waals surface area contributed by atoms with E-state index in [9.17, 15) is 4.79 Å². The van der Waals surface area contributed by atoms with Crippen LogP contribution in [-0.2, 0) is 4.79 Å². The summed E-state index contributed by atoms with van der Waals surface area (Å²) < 4.78 is 0. The number of amides is 1. The Morgan fingerprint density at radius 1 is 2.00 bits per heavy atom. The number of carbonyl (C=O) groups excluding carboxylic acids is 1. The molecule has 1 aliphatic heterocycles. The molecule has 0 aliphatic carbocycles. The van der Waals surface area contributed by atoms with Crippen LogP contribution in [0.2, 0.25) is 0 Å². The molecule has 0 saturated heterocycles. The van der Waals surface area contributed by atoms with Gasteiger partial charge in [0.1, 0.15) is 5.92 Å².